The van der Waals surface area contributed by atoms with Crippen molar-refractivity contribution >= 4 is 29.9 Å². The van der Waals surface area contributed by atoms with E-state index in [1.54, 1.807) is 0 Å². The lowest BCUT2D eigenvalue weighted by Crippen LogP contribution is -2.49. The maximum atomic E-state index is 10.7. The van der Waals surface area contributed by atoms with Crippen LogP contribution in [0.15, 0.2) is 29.3 Å². The molecular formula is C23H39IN4O. The molecular weight excluding hydrogens is 475 g/mol. The highest BCUT2D eigenvalue weighted by atomic mass is 127. The zero-order valence-electron chi connectivity index (χ0n) is 18.1. The molecule has 1 aromatic carbocycles. The van der Waals surface area contributed by atoms with E-state index in [9.17, 15) is 5.11 Å². The predicted molar refractivity (Wildman–Crippen MR) is 132 cm³/mol. The van der Waals surface area contributed by atoms with Gasteiger partial charge in [-0.25, -0.2) is 0 Å². The van der Waals surface area contributed by atoms with Crippen molar-refractivity contribution in [1.82, 2.24) is 15.5 Å². The average Bonchev–Trinajstić information content (AvgIpc) is 2.69. The highest BCUT2D eigenvalue weighted by molar-refractivity contribution is 14.0. The van der Waals surface area contributed by atoms with Crippen LogP contribution in [0.25, 0.3) is 0 Å². The van der Waals surface area contributed by atoms with Crippen molar-refractivity contribution < 1.29 is 5.11 Å². The first kappa shape index (κ1) is 24.4. The summed E-state index contributed by atoms with van der Waals surface area (Å²) in [6.07, 6.45) is 7.50. The first-order valence-electron chi connectivity index (χ1n) is 11.1. The van der Waals surface area contributed by atoms with Crippen LogP contribution in [0.2, 0.25) is 0 Å². The summed E-state index contributed by atoms with van der Waals surface area (Å²) in [6.45, 7) is 8.85. The summed E-state index contributed by atoms with van der Waals surface area (Å²) >= 11 is 0. The predicted octanol–water partition coefficient (Wildman–Crippen LogP) is 3.83. The Hall–Kier alpha value is -0.860. The lowest BCUT2D eigenvalue weighted by atomic mass is 9.85. The van der Waals surface area contributed by atoms with E-state index in [4.69, 9.17) is 4.99 Å². The number of nitrogens with zero attached hydrogens (tertiary/aromatic N) is 2. The van der Waals surface area contributed by atoms with Crippen molar-refractivity contribution in [3.05, 3.63) is 35.4 Å². The topological polar surface area (TPSA) is 59.9 Å². The maximum absolute atomic E-state index is 10.7. The van der Waals surface area contributed by atoms with Crippen LogP contribution in [0.4, 0.5) is 0 Å². The molecule has 6 heteroatoms. The molecule has 0 amide bonds. The number of hydrogen-bond donors (Lipinski definition) is 3. The molecule has 0 radical (unpaired) electrons. The molecule has 5 nitrogen and oxygen atoms in total. The number of hydrogen-bond acceptors (Lipinski definition) is 3. The minimum Gasteiger partial charge on any atom is -0.388 e. The number of aliphatic hydroxyl groups is 1. The molecule has 0 aromatic heterocycles. The average molecular weight is 514 g/mol. The van der Waals surface area contributed by atoms with E-state index in [0.717, 1.165) is 70.7 Å². The SMILES string of the molecule is CCNC(=NCC1(O)CCCCC1)NC1CCN(Cc2cccc(C)c2)CC1.I. The molecule has 0 bridgehead atoms. The summed E-state index contributed by atoms with van der Waals surface area (Å²) < 4.78 is 0. The van der Waals surface area contributed by atoms with Gasteiger partial charge in [0.05, 0.1) is 12.1 Å². The highest BCUT2D eigenvalue weighted by Crippen LogP contribution is 2.28. The van der Waals surface area contributed by atoms with Crippen molar-refractivity contribution in [2.24, 2.45) is 4.99 Å². The van der Waals surface area contributed by atoms with Gasteiger partial charge in [0.1, 0.15) is 0 Å². The molecule has 3 N–H and O–H groups in total. The fraction of sp³-hybridized carbons (Fsp3) is 0.696. The van der Waals surface area contributed by atoms with Crippen molar-refractivity contribution in [3.8, 4) is 0 Å². The second kappa shape index (κ2) is 12.1. The first-order chi connectivity index (χ1) is 13.6. The molecule has 3 rings (SSSR count). The van der Waals surface area contributed by atoms with Gasteiger partial charge in [0.2, 0.25) is 0 Å². The monoisotopic (exact) mass is 514 g/mol. The third-order valence-electron chi connectivity index (χ3n) is 6.08. The fourth-order valence-corrected chi connectivity index (χ4v) is 4.41. The number of aryl methyl sites for hydroxylation is 1. The van der Waals surface area contributed by atoms with Crippen LogP contribution in [0, 0.1) is 6.92 Å². The summed E-state index contributed by atoms with van der Waals surface area (Å²) in [7, 11) is 0. The van der Waals surface area contributed by atoms with Gasteiger partial charge in [0, 0.05) is 32.2 Å². The lowest BCUT2D eigenvalue weighted by Gasteiger charge is -2.34. The van der Waals surface area contributed by atoms with E-state index in [1.165, 1.54) is 17.5 Å². The summed E-state index contributed by atoms with van der Waals surface area (Å²) in [6, 6.07) is 9.27. The van der Waals surface area contributed by atoms with Crippen LogP contribution in [0.5, 0.6) is 0 Å². The summed E-state index contributed by atoms with van der Waals surface area (Å²) in [5.74, 6) is 0.860. The molecule has 0 spiro atoms. The molecule has 1 saturated heterocycles. The zero-order valence-corrected chi connectivity index (χ0v) is 20.5. The molecule has 2 aliphatic rings. The molecule has 0 unspecified atom stereocenters. The number of nitrogens with one attached hydrogen (secondary N) is 2. The fourth-order valence-electron chi connectivity index (χ4n) is 4.41. The quantitative estimate of drug-likeness (QED) is 0.307. The molecule has 1 saturated carbocycles. The molecule has 1 aromatic rings. The number of guanidine groups is 1. The van der Waals surface area contributed by atoms with Crippen LogP contribution < -0.4 is 10.6 Å². The second-order valence-corrected chi connectivity index (χ2v) is 8.66. The van der Waals surface area contributed by atoms with E-state index < -0.39 is 5.60 Å². The minimum absolute atomic E-state index is 0. The molecule has 1 heterocycles. The smallest absolute Gasteiger partial charge is 0.191 e. The van der Waals surface area contributed by atoms with Gasteiger partial charge in [-0.3, -0.25) is 9.89 Å². The van der Waals surface area contributed by atoms with Crippen LogP contribution in [-0.4, -0.2) is 53.8 Å². The Balaban J connectivity index is 0.00000300. The Morgan fingerprint density at radius 2 is 1.93 bits per heavy atom. The maximum Gasteiger partial charge on any atom is 0.191 e. The van der Waals surface area contributed by atoms with Gasteiger partial charge in [-0.15, -0.1) is 24.0 Å². The Labute approximate surface area is 193 Å². The summed E-state index contributed by atoms with van der Waals surface area (Å²) in [5, 5.41) is 17.7. The summed E-state index contributed by atoms with van der Waals surface area (Å²) in [4.78, 5) is 7.27. The molecule has 29 heavy (non-hydrogen) atoms. The van der Waals surface area contributed by atoms with Crippen LogP contribution in [-0.2, 0) is 6.54 Å². The summed E-state index contributed by atoms with van der Waals surface area (Å²) in [5.41, 5.74) is 2.14. The molecule has 2 fully saturated rings. The Morgan fingerprint density at radius 3 is 2.59 bits per heavy atom. The van der Waals surface area contributed by atoms with Crippen molar-refractivity contribution in [1.29, 1.82) is 0 Å². The highest BCUT2D eigenvalue weighted by Gasteiger charge is 2.29. The van der Waals surface area contributed by atoms with E-state index in [0.29, 0.717) is 12.6 Å². The van der Waals surface area contributed by atoms with Gasteiger partial charge in [0.25, 0.3) is 0 Å². The van der Waals surface area contributed by atoms with Gasteiger partial charge in [-0.2, -0.15) is 0 Å². The Morgan fingerprint density at radius 1 is 1.21 bits per heavy atom. The van der Waals surface area contributed by atoms with Crippen LogP contribution in [0.1, 0.15) is 63.0 Å². The van der Waals surface area contributed by atoms with Crippen LogP contribution >= 0.6 is 24.0 Å². The zero-order chi connectivity index (χ0) is 19.8. The van der Waals surface area contributed by atoms with Gasteiger partial charge >= 0.3 is 0 Å². The standard InChI is InChI=1S/C23H38N4O.HI/c1-3-24-22(25-18-23(28)12-5-4-6-13-23)26-21-10-14-27(15-11-21)17-20-9-7-8-19(2)16-20;/h7-9,16,21,28H,3-6,10-15,17-18H2,1-2H3,(H2,24,25,26);1H. The second-order valence-electron chi connectivity index (χ2n) is 8.66. The molecule has 0 atom stereocenters. The van der Waals surface area contributed by atoms with Crippen molar-refractivity contribution in [3.63, 3.8) is 0 Å². The van der Waals surface area contributed by atoms with Crippen LogP contribution in [0.3, 0.4) is 0 Å². The first-order valence-corrected chi connectivity index (χ1v) is 11.1. The van der Waals surface area contributed by atoms with E-state index in [2.05, 4.69) is 53.6 Å². The third-order valence-corrected chi connectivity index (χ3v) is 6.08. The molecule has 1 aliphatic carbocycles. The van der Waals surface area contributed by atoms with Crippen molar-refractivity contribution in [2.45, 2.75) is 77.0 Å². The van der Waals surface area contributed by atoms with Gasteiger partial charge in [-0.05, 0) is 45.1 Å². The Bertz CT molecular complexity index is 638. The number of piperidine rings is 1. The van der Waals surface area contributed by atoms with Gasteiger partial charge in [0.15, 0.2) is 5.96 Å². The number of rotatable bonds is 6. The molecule has 164 valence electrons. The number of halogens is 1. The number of likely N-dealkylation sites (tertiary alicyclic amines) is 1. The van der Waals surface area contributed by atoms with Gasteiger partial charge < -0.3 is 15.7 Å². The normalized spacial score (nSPS) is 20.7. The lowest BCUT2D eigenvalue weighted by molar-refractivity contribution is 0.0131. The van der Waals surface area contributed by atoms with Crippen molar-refractivity contribution in [2.75, 3.05) is 26.2 Å². The Kier molecular flexibility index (Phi) is 10.2. The molecule has 1 aliphatic heterocycles. The van der Waals surface area contributed by atoms with Gasteiger partial charge in [-0.1, -0.05) is 49.1 Å². The third kappa shape index (κ3) is 8.06. The van der Waals surface area contributed by atoms with E-state index in [-0.39, 0.29) is 24.0 Å². The number of aliphatic imine (C=N–C) groups is 1. The van der Waals surface area contributed by atoms with E-state index >= 15 is 0 Å². The van der Waals surface area contributed by atoms with E-state index in [1.807, 2.05) is 0 Å². The minimum atomic E-state index is -0.599. The number of benzene rings is 1. The largest absolute Gasteiger partial charge is 0.388 e.